The van der Waals surface area contributed by atoms with E-state index in [-0.39, 0.29) is 19.0 Å². The molecular formula is C9H16N3O5PS. The average Bonchev–Trinajstić information content (AvgIpc) is 2.34. The average molecular weight is 309 g/mol. The van der Waals surface area contributed by atoms with Gasteiger partial charge in [-0.2, -0.15) is 4.98 Å². The van der Waals surface area contributed by atoms with Crippen LogP contribution in [0.5, 0.6) is 0 Å². The summed E-state index contributed by atoms with van der Waals surface area (Å²) in [7, 11) is 1.27. The Morgan fingerprint density at radius 2 is 2.32 bits per heavy atom. The Balaban J connectivity index is 2.46. The molecule has 0 radical (unpaired) electrons. The second-order valence-electron chi connectivity index (χ2n) is 3.50. The molecule has 0 aliphatic rings. The highest BCUT2D eigenvalue weighted by atomic mass is 32.5. The van der Waals surface area contributed by atoms with E-state index in [2.05, 4.69) is 21.3 Å². The van der Waals surface area contributed by atoms with Gasteiger partial charge in [0.15, 0.2) is 0 Å². The first-order valence-electron chi connectivity index (χ1n) is 5.35. The van der Waals surface area contributed by atoms with Crippen molar-refractivity contribution in [3.8, 4) is 0 Å². The van der Waals surface area contributed by atoms with E-state index in [1.807, 2.05) is 0 Å². The lowest BCUT2D eigenvalue weighted by atomic mass is 10.5. The molecule has 0 aromatic carbocycles. The fraction of sp³-hybridized carbons (Fsp3) is 0.556. The molecule has 1 aromatic rings. The van der Waals surface area contributed by atoms with Crippen molar-refractivity contribution in [1.82, 2.24) is 9.55 Å². The summed E-state index contributed by atoms with van der Waals surface area (Å²) in [6, 6.07) is 1.50. The van der Waals surface area contributed by atoms with E-state index < -0.39 is 18.6 Å². The van der Waals surface area contributed by atoms with Crippen LogP contribution in [0.4, 0.5) is 5.82 Å². The topological polar surface area (TPSA) is 109 Å². The summed E-state index contributed by atoms with van der Waals surface area (Å²) >= 11 is 4.64. The zero-order valence-corrected chi connectivity index (χ0v) is 12.3. The van der Waals surface area contributed by atoms with Gasteiger partial charge in [0.25, 0.3) is 0 Å². The molecule has 1 rings (SSSR count). The second kappa shape index (κ2) is 7.09. The van der Waals surface area contributed by atoms with Gasteiger partial charge in [-0.3, -0.25) is 4.57 Å². The van der Waals surface area contributed by atoms with E-state index >= 15 is 0 Å². The summed E-state index contributed by atoms with van der Waals surface area (Å²) in [5, 5.41) is 0. The number of hydrogen-bond acceptors (Lipinski definition) is 7. The van der Waals surface area contributed by atoms with E-state index in [9.17, 15) is 9.69 Å². The van der Waals surface area contributed by atoms with Gasteiger partial charge >= 0.3 is 12.4 Å². The van der Waals surface area contributed by atoms with Crippen LogP contribution in [-0.2, 0) is 25.6 Å². The highest BCUT2D eigenvalue weighted by molar-refractivity contribution is 8.07. The van der Waals surface area contributed by atoms with Crippen molar-refractivity contribution in [1.29, 1.82) is 0 Å². The van der Waals surface area contributed by atoms with Gasteiger partial charge in [-0.15, -0.1) is 0 Å². The highest BCUT2D eigenvalue weighted by Crippen LogP contribution is 2.42. The Bertz CT molecular complexity index is 523. The lowest BCUT2D eigenvalue weighted by Crippen LogP contribution is -2.27. The third-order valence-electron chi connectivity index (χ3n) is 2.17. The zero-order chi connectivity index (χ0) is 14.5. The molecule has 1 unspecified atom stereocenters. The summed E-state index contributed by atoms with van der Waals surface area (Å²) in [5.74, 6) is 0.151. The lowest BCUT2D eigenvalue weighted by molar-refractivity contribution is -0.00388. The molecule has 8 nitrogen and oxygen atoms in total. The zero-order valence-electron chi connectivity index (χ0n) is 10.6. The first-order valence-corrected chi connectivity index (χ1v) is 7.94. The first kappa shape index (κ1) is 16.2. The molecule has 0 aliphatic carbocycles. The van der Waals surface area contributed by atoms with Crippen LogP contribution in [0.15, 0.2) is 17.1 Å². The third-order valence-corrected chi connectivity index (χ3v) is 3.90. The molecule has 1 heterocycles. The molecule has 3 N–H and O–H groups in total. The van der Waals surface area contributed by atoms with Gasteiger partial charge in [-0.05, 0) is 24.8 Å². The van der Waals surface area contributed by atoms with E-state index in [1.54, 1.807) is 6.92 Å². The maximum atomic E-state index is 11.5. The SMILES string of the molecule is COP(O)(=S)OCCO[C@H](C)n1ccc(N)nc1=O. The minimum absolute atomic E-state index is 0.0586. The van der Waals surface area contributed by atoms with Gasteiger partial charge in [0, 0.05) is 13.3 Å². The molecular weight excluding hydrogens is 293 g/mol. The molecule has 0 bridgehead atoms. The van der Waals surface area contributed by atoms with Crippen LogP contribution in [0, 0.1) is 0 Å². The van der Waals surface area contributed by atoms with Crippen molar-refractivity contribution in [3.63, 3.8) is 0 Å². The molecule has 19 heavy (non-hydrogen) atoms. The molecule has 0 amide bonds. The Morgan fingerprint density at radius 3 is 2.89 bits per heavy atom. The van der Waals surface area contributed by atoms with Crippen molar-refractivity contribution in [2.24, 2.45) is 0 Å². The predicted molar refractivity (Wildman–Crippen MR) is 73.0 cm³/mol. The van der Waals surface area contributed by atoms with Crippen molar-refractivity contribution >= 4 is 24.3 Å². The third kappa shape index (κ3) is 5.35. The summed E-state index contributed by atoms with van der Waals surface area (Å²) in [5.41, 5.74) is 4.88. The van der Waals surface area contributed by atoms with E-state index in [0.29, 0.717) is 0 Å². The molecule has 0 spiro atoms. The van der Waals surface area contributed by atoms with Gasteiger partial charge in [0.1, 0.15) is 12.0 Å². The Kier molecular flexibility index (Phi) is 6.05. The van der Waals surface area contributed by atoms with Crippen LogP contribution < -0.4 is 11.4 Å². The van der Waals surface area contributed by atoms with Crippen molar-refractivity contribution in [2.75, 3.05) is 26.1 Å². The van der Waals surface area contributed by atoms with E-state index in [1.165, 1.54) is 23.9 Å². The first-order chi connectivity index (χ1) is 8.85. The standard InChI is InChI=1S/C9H16N3O5PS/c1-7(12-4-3-8(10)11-9(12)13)16-5-6-17-18(14,19)15-2/h3-4,7H,5-6H2,1-2H3,(H,14,19)(H2,10,11,13)/t7-,18?/m1/s1. The minimum Gasteiger partial charge on any atom is -0.383 e. The molecule has 0 fully saturated rings. The molecule has 108 valence electrons. The van der Waals surface area contributed by atoms with Crippen LogP contribution >= 0.6 is 6.72 Å². The van der Waals surface area contributed by atoms with Crippen LogP contribution in [0.1, 0.15) is 13.2 Å². The molecule has 2 atom stereocenters. The number of nitrogen functional groups attached to an aromatic ring is 1. The fourth-order valence-electron chi connectivity index (χ4n) is 1.21. The van der Waals surface area contributed by atoms with Gasteiger partial charge < -0.3 is 24.4 Å². The number of nitrogens with two attached hydrogens (primary N) is 1. The summed E-state index contributed by atoms with van der Waals surface area (Å²) in [6.45, 7) is -1.30. The Labute approximate surface area is 115 Å². The smallest absolute Gasteiger partial charge is 0.351 e. The van der Waals surface area contributed by atoms with E-state index in [0.717, 1.165) is 0 Å². The summed E-state index contributed by atoms with van der Waals surface area (Å²) in [6.07, 6.45) is 0.949. The largest absolute Gasteiger partial charge is 0.383 e. The molecule has 0 saturated heterocycles. The molecule has 0 aliphatic heterocycles. The minimum atomic E-state index is -3.17. The number of nitrogens with zero attached hydrogens (tertiary/aromatic N) is 2. The number of ether oxygens (including phenoxy) is 1. The Morgan fingerprint density at radius 1 is 1.63 bits per heavy atom. The maximum absolute atomic E-state index is 11.5. The van der Waals surface area contributed by atoms with Crippen LogP contribution in [0.2, 0.25) is 0 Å². The number of rotatable bonds is 7. The second-order valence-corrected chi connectivity index (χ2v) is 6.44. The summed E-state index contributed by atoms with van der Waals surface area (Å²) in [4.78, 5) is 24.4. The molecule has 10 heteroatoms. The molecule has 1 aromatic heterocycles. The highest BCUT2D eigenvalue weighted by Gasteiger charge is 2.13. The van der Waals surface area contributed by atoms with Gasteiger partial charge in [-0.25, -0.2) is 4.79 Å². The van der Waals surface area contributed by atoms with Crippen LogP contribution in [0.3, 0.4) is 0 Å². The van der Waals surface area contributed by atoms with Crippen LogP contribution in [0.25, 0.3) is 0 Å². The van der Waals surface area contributed by atoms with E-state index in [4.69, 9.17) is 15.0 Å². The quantitative estimate of drug-likeness (QED) is 0.544. The van der Waals surface area contributed by atoms with Gasteiger partial charge in [-0.1, -0.05) is 0 Å². The fourth-order valence-corrected chi connectivity index (χ4v) is 1.84. The van der Waals surface area contributed by atoms with Gasteiger partial charge in [0.2, 0.25) is 0 Å². The lowest BCUT2D eigenvalue weighted by Gasteiger charge is -2.17. The molecule has 0 saturated carbocycles. The monoisotopic (exact) mass is 309 g/mol. The van der Waals surface area contributed by atoms with Gasteiger partial charge in [0.05, 0.1) is 13.2 Å². The number of anilines is 1. The van der Waals surface area contributed by atoms with Crippen molar-refractivity contribution in [3.05, 3.63) is 22.7 Å². The Hall–Kier alpha value is -0.830. The van der Waals surface area contributed by atoms with Crippen LogP contribution in [-0.4, -0.2) is 34.8 Å². The van der Waals surface area contributed by atoms with Crippen molar-refractivity contribution < 1.29 is 18.7 Å². The predicted octanol–water partition coefficient (Wildman–Crippen LogP) is 0.240. The maximum Gasteiger partial charge on any atom is 0.351 e. The summed E-state index contributed by atoms with van der Waals surface area (Å²) < 4.78 is 16.1. The number of aromatic nitrogens is 2. The number of hydrogen-bond donors (Lipinski definition) is 2. The normalized spacial score (nSPS) is 15.9. The van der Waals surface area contributed by atoms with Crippen molar-refractivity contribution in [2.45, 2.75) is 13.2 Å².